The molecule has 4 rings (SSSR count). The molecule has 128 valence electrons. The number of hydrogen-bond acceptors (Lipinski definition) is 3. The second kappa shape index (κ2) is 7.08. The molecule has 24 heavy (non-hydrogen) atoms. The fourth-order valence-corrected chi connectivity index (χ4v) is 3.87. The lowest BCUT2D eigenvalue weighted by Crippen LogP contribution is -2.27. The second-order valence-corrected chi connectivity index (χ2v) is 7.11. The van der Waals surface area contributed by atoms with Gasteiger partial charge in [0.2, 0.25) is 0 Å². The zero-order valence-corrected chi connectivity index (χ0v) is 14.3. The SMILES string of the molecule is OCCCCN(Cc1nn(-c2ccccc2)c2c1CCC2)C1CC1. The van der Waals surface area contributed by atoms with Gasteiger partial charge in [-0.25, -0.2) is 4.68 Å². The van der Waals surface area contributed by atoms with E-state index in [4.69, 9.17) is 10.2 Å². The molecule has 0 unspecified atom stereocenters. The van der Waals surface area contributed by atoms with Gasteiger partial charge < -0.3 is 5.11 Å². The number of nitrogens with zero attached hydrogens (tertiary/aromatic N) is 3. The fourth-order valence-electron chi connectivity index (χ4n) is 3.87. The highest BCUT2D eigenvalue weighted by atomic mass is 16.2. The summed E-state index contributed by atoms with van der Waals surface area (Å²) in [5.41, 5.74) is 5.37. The van der Waals surface area contributed by atoms with Crippen LogP contribution in [0.4, 0.5) is 0 Å². The molecule has 1 aromatic heterocycles. The zero-order valence-electron chi connectivity index (χ0n) is 14.3. The predicted molar refractivity (Wildman–Crippen MR) is 95.3 cm³/mol. The van der Waals surface area contributed by atoms with Gasteiger partial charge in [-0.15, -0.1) is 0 Å². The number of rotatable bonds is 8. The average molecular weight is 325 g/mol. The third-order valence-corrected chi connectivity index (χ3v) is 5.28. The van der Waals surface area contributed by atoms with Crippen LogP contribution in [0.15, 0.2) is 30.3 Å². The molecule has 4 heteroatoms. The zero-order chi connectivity index (χ0) is 16.4. The summed E-state index contributed by atoms with van der Waals surface area (Å²) in [6, 6.07) is 11.3. The van der Waals surface area contributed by atoms with Crippen molar-refractivity contribution in [2.24, 2.45) is 0 Å². The highest BCUT2D eigenvalue weighted by Crippen LogP contribution is 2.32. The van der Waals surface area contributed by atoms with Gasteiger partial charge in [0.15, 0.2) is 0 Å². The molecule has 0 saturated heterocycles. The monoisotopic (exact) mass is 325 g/mol. The van der Waals surface area contributed by atoms with Crippen LogP contribution in [-0.4, -0.2) is 39.0 Å². The summed E-state index contributed by atoms with van der Waals surface area (Å²) in [6.45, 7) is 2.35. The lowest BCUT2D eigenvalue weighted by molar-refractivity contribution is 0.226. The van der Waals surface area contributed by atoms with Crippen molar-refractivity contribution in [3.05, 3.63) is 47.3 Å². The predicted octanol–water partition coefficient (Wildman–Crippen LogP) is 3.10. The van der Waals surface area contributed by atoms with Crippen molar-refractivity contribution in [2.45, 2.75) is 57.5 Å². The van der Waals surface area contributed by atoms with Crippen LogP contribution in [0.25, 0.3) is 5.69 Å². The number of unbranched alkanes of at least 4 members (excludes halogenated alkanes) is 1. The summed E-state index contributed by atoms with van der Waals surface area (Å²) >= 11 is 0. The van der Waals surface area contributed by atoms with Crippen LogP contribution in [0.3, 0.4) is 0 Å². The van der Waals surface area contributed by atoms with Crippen molar-refractivity contribution in [3.63, 3.8) is 0 Å². The van der Waals surface area contributed by atoms with Crippen LogP contribution in [0.1, 0.15) is 49.1 Å². The molecule has 1 aromatic carbocycles. The Kier molecular flexibility index (Phi) is 4.67. The molecular formula is C20H27N3O. The van der Waals surface area contributed by atoms with Crippen LogP contribution < -0.4 is 0 Å². The first-order valence-corrected chi connectivity index (χ1v) is 9.37. The van der Waals surface area contributed by atoms with E-state index in [0.717, 1.165) is 38.4 Å². The maximum Gasteiger partial charge on any atom is 0.0804 e. The summed E-state index contributed by atoms with van der Waals surface area (Å²) in [5.74, 6) is 0. The van der Waals surface area contributed by atoms with Gasteiger partial charge >= 0.3 is 0 Å². The first kappa shape index (κ1) is 15.9. The largest absolute Gasteiger partial charge is 0.396 e. The van der Waals surface area contributed by atoms with Gasteiger partial charge in [-0.2, -0.15) is 5.10 Å². The lowest BCUT2D eigenvalue weighted by atomic mass is 10.2. The molecule has 0 atom stereocenters. The summed E-state index contributed by atoms with van der Waals surface area (Å²) in [5, 5.41) is 14.1. The number of aromatic nitrogens is 2. The van der Waals surface area contributed by atoms with E-state index in [1.807, 2.05) is 0 Å². The number of benzene rings is 1. The van der Waals surface area contributed by atoms with E-state index >= 15 is 0 Å². The third kappa shape index (κ3) is 3.26. The van der Waals surface area contributed by atoms with E-state index in [1.54, 1.807) is 0 Å². The minimum absolute atomic E-state index is 0.302. The lowest BCUT2D eigenvalue weighted by Gasteiger charge is -2.21. The maximum absolute atomic E-state index is 9.05. The smallest absolute Gasteiger partial charge is 0.0804 e. The van der Waals surface area contributed by atoms with E-state index in [9.17, 15) is 0 Å². The Hall–Kier alpha value is -1.65. The van der Waals surface area contributed by atoms with Crippen molar-refractivity contribution < 1.29 is 5.11 Å². The molecule has 2 aromatic rings. The van der Waals surface area contributed by atoms with Crippen molar-refractivity contribution in [3.8, 4) is 5.69 Å². The standard InChI is InChI=1S/C20H27N3O/c24-14-5-4-13-22(16-11-12-16)15-19-18-9-6-10-20(18)23(21-19)17-7-2-1-3-8-17/h1-3,7-8,16,24H,4-6,9-15H2. The van der Waals surface area contributed by atoms with Gasteiger partial charge in [-0.3, -0.25) is 4.90 Å². The normalized spacial score (nSPS) is 16.8. The van der Waals surface area contributed by atoms with E-state index in [0.29, 0.717) is 6.61 Å². The van der Waals surface area contributed by atoms with Gasteiger partial charge in [0.1, 0.15) is 0 Å². The van der Waals surface area contributed by atoms with Crippen molar-refractivity contribution in [1.29, 1.82) is 0 Å². The quantitative estimate of drug-likeness (QED) is 0.758. The molecule has 0 spiro atoms. The Bertz CT molecular complexity index is 676. The Morgan fingerprint density at radius 1 is 1.12 bits per heavy atom. The summed E-state index contributed by atoms with van der Waals surface area (Å²) < 4.78 is 2.18. The summed E-state index contributed by atoms with van der Waals surface area (Å²) in [4.78, 5) is 2.59. The number of aliphatic hydroxyl groups excluding tert-OH is 1. The van der Waals surface area contributed by atoms with Crippen molar-refractivity contribution in [1.82, 2.24) is 14.7 Å². The minimum Gasteiger partial charge on any atom is -0.396 e. The molecule has 0 bridgehead atoms. The molecule has 2 aliphatic rings. The molecule has 1 saturated carbocycles. The Morgan fingerprint density at radius 2 is 1.96 bits per heavy atom. The van der Waals surface area contributed by atoms with E-state index < -0.39 is 0 Å². The number of aliphatic hydroxyl groups is 1. The van der Waals surface area contributed by atoms with Crippen LogP contribution in [0.2, 0.25) is 0 Å². The first-order valence-electron chi connectivity index (χ1n) is 9.37. The molecule has 0 aliphatic heterocycles. The second-order valence-electron chi connectivity index (χ2n) is 7.11. The molecule has 0 amide bonds. The van der Waals surface area contributed by atoms with Gasteiger partial charge in [-0.05, 0) is 69.2 Å². The highest BCUT2D eigenvalue weighted by Gasteiger charge is 2.31. The van der Waals surface area contributed by atoms with E-state index in [2.05, 4.69) is 39.9 Å². The fraction of sp³-hybridized carbons (Fsp3) is 0.550. The minimum atomic E-state index is 0.302. The number of para-hydroxylation sites is 1. The molecule has 1 heterocycles. The highest BCUT2D eigenvalue weighted by molar-refractivity contribution is 5.39. The number of hydrogen-bond donors (Lipinski definition) is 1. The molecular weight excluding hydrogens is 298 g/mol. The van der Waals surface area contributed by atoms with Gasteiger partial charge in [-0.1, -0.05) is 18.2 Å². The molecule has 1 N–H and O–H groups in total. The Morgan fingerprint density at radius 3 is 2.71 bits per heavy atom. The topological polar surface area (TPSA) is 41.3 Å². The van der Waals surface area contributed by atoms with Crippen LogP contribution >= 0.6 is 0 Å². The molecule has 4 nitrogen and oxygen atoms in total. The maximum atomic E-state index is 9.05. The van der Waals surface area contributed by atoms with E-state index in [-0.39, 0.29) is 0 Å². The molecule has 0 radical (unpaired) electrons. The van der Waals surface area contributed by atoms with Gasteiger partial charge in [0.05, 0.1) is 11.4 Å². The van der Waals surface area contributed by atoms with E-state index in [1.165, 1.54) is 48.3 Å². The Labute approximate surface area is 144 Å². The Balaban J connectivity index is 1.57. The van der Waals surface area contributed by atoms with Gasteiger partial charge in [0, 0.05) is 24.9 Å². The van der Waals surface area contributed by atoms with Crippen molar-refractivity contribution in [2.75, 3.05) is 13.2 Å². The van der Waals surface area contributed by atoms with Crippen molar-refractivity contribution >= 4 is 0 Å². The number of fused-ring (bicyclic) bond motifs is 1. The van der Waals surface area contributed by atoms with Crippen LogP contribution in [0.5, 0.6) is 0 Å². The average Bonchev–Trinajstić information content (AvgIpc) is 3.24. The first-order chi connectivity index (χ1) is 11.9. The summed E-state index contributed by atoms with van der Waals surface area (Å²) in [6.07, 6.45) is 8.19. The van der Waals surface area contributed by atoms with Crippen LogP contribution in [-0.2, 0) is 19.4 Å². The molecule has 1 fully saturated rings. The third-order valence-electron chi connectivity index (χ3n) is 5.28. The van der Waals surface area contributed by atoms with Gasteiger partial charge in [0.25, 0.3) is 0 Å². The molecule has 2 aliphatic carbocycles. The summed E-state index contributed by atoms with van der Waals surface area (Å²) in [7, 11) is 0. The van der Waals surface area contributed by atoms with Crippen LogP contribution in [0, 0.1) is 0 Å².